The van der Waals surface area contributed by atoms with Crippen LogP contribution < -0.4 is 5.32 Å². The molecule has 0 saturated heterocycles. The van der Waals surface area contributed by atoms with Gasteiger partial charge in [-0.05, 0) is 52.5 Å². The second kappa shape index (κ2) is 6.79. The third kappa shape index (κ3) is 3.99. The van der Waals surface area contributed by atoms with Crippen molar-refractivity contribution in [1.82, 2.24) is 5.32 Å². The average molecular weight is 377 g/mol. The molecular formula is C13H11BrClNOS2. The minimum Gasteiger partial charge on any atom is -0.347 e. The Morgan fingerprint density at radius 3 is 2.84 bits per heavy atom. The van der Waals surface area contributed by atoms with Crippen molar-refractivity contribution in [2.45, 2.75) is 11.4 Å². The van der Waals surface area contributed by atoms with E-state index in [-0.39, 0.29) is 5.91 Å². The van der Waals surface area contributed by atoms with Gasteiger partial charge in [0.2, 0.25) is 0 Å². The number of rotatable bonds is 4. The van der Waals surface area contributed by atoms with Crippen LogP contribution in [0.4, 0.5) is 0 Å². The molecule has 0 aliphatic rings. The van der Waals surface area contributed by atoms with Crippen molar-refractivity contribution in [2.24, 2.45) is 0 Å². The smallest absolute Gasteiger partial charge is 0.253 e. The Morgan fingerprint density at radius 1 is 1.42 bits per heavy atom. The maximum atomic E-state index is 12.1. The zero-order chi connectivity index (χ0) is 13.8. The summed E-state index contributed by atoms with van der Waals surface area (Å²) in [5.41, 5.74) is 0.518. The predicted octanol–water partition coefficient (Wildman–Crippen LogP) is 4.82. The number of hydrogen-bond acceptors (Lipinski definition) is 3. The zero-order valence-corrected chi connectivity index (χ0v) is 14.0. The van der Waals surface area contributed by atoms with Gasteiger partial charge in [-0.1, -0.05) is 11.6 Å². The number of nitrogens with one attached hydrogen (secondary N) is 1. The van der Waals surface area contributed by atoms with Crippen molar-refractivity contribution in [3.63, 3.8) is 0 Å². The average Bonchev–Trinajstić information content (AvgIpc) is 2.82. The van der Waals surface area contributed by atoms with Crippen LogP contribution in [0.2, 0.25) is 5.02 Å². The van der Waals surface area contributed by atoms with E-state index in [9.17, 15) is 4.79 Å². The Kier molecular flexibility index (Phi) is 5.33. The van der Waals surface area contributed by atoms with Gasteiger partial charge in [0.05, 0.1) is 20.9 Å². The van der Waals surface area contributed by atoms with Gasteiger partial charge in [0.15, 0.2) is 0 Å². The van der Waals surface area contributed by atoms with E-state index >= 15 is 0 Å². The minimum absolute atomic E-state index is 0.148. The molecule has 19 heavy (non-hydrogen) atoms. The highest BCUT2D eigenvalue weighted by Gasteiger charge is 2.11. The van der Waals surface area contributed by atoms with E-state index in [2.05, 4.69) is 21.2 Å². The fourth-order valence-corrected chi connectivity index (χ4v) is 3.58. The normalized spacial score (nSPS) is 10.5. The lowest BCUT2D eigenvalue weighted by Crippen LogP contribution is -2.22. The largest absolute Gasteiger partial charge is 0.347 e. The van der Waals surface area contributed by atoms with E-state index in [0.29, 0.717) is 17.1 Å². The van der Waals surface area contributed by atoms with Gasteiger partial charge in [-0.3, -0.25) is 4.79 Å². The molecule has 1 aromatic heterocycles. The predicted molar refractivity (Wildman–Crippen MR) is 86.4 cm³/mol. The molecule has 2 nitrogen and oxygen atoms in total. The molecule has 0 bridgehead atoms. The molecule has 0 fully saturated rings. The molecule has 0 aliphatic heterocycles. The standard InChI is InChI=1S/C13H11BrClNOS2/c1-18-8-2-4-11(15)10(6-8)13(17)16-7-9-3-5-12(14)19-9/h2-6H,7H2,1H3,(H,16,17). The van der Waals surface area contributed by atoms with Crippen LogP contribution in [-0.2, 0) is 6.54 Å². The number of amides is 1. The van der Waals surface area contributed by atoms with Gasteiger partial charge in [-0.25, -0.2) is 0 Å². The summed E-state index contributed by atoms with van der Waals surface area (Å²) in [4.78, 5) is 14.2. The monoisotopic (exact) mass is 375 g/mol. The lowest BCUT2D eigenvalue weighted by Gasteiger charge is -2.07. The first-order valence-corrected chi connectivity index (χ1v) is 8.67. The van der Waals surface area contributed by atoms with Crippen LogP contribution in [0, 0.1) is 0 Å². The third-order valence-corrected chi connectivity index (χ3v) is 5.15. The second-order valence-electron chi connectivity index (χ2n) is 3.73. The van der Waals surface area contributed by atoms with Crippen LogP contribution in [0.15, 0.2) is 39.0 Å². The Labute approximate surface area is 133 Å². The molecule has 2 aromatic rings. The van der Waals surface area contributed by atoms with Crippen molar-refractivity contribution in [3.8, 4) is 0 Å². The highest BCUT2D eigenvalue weighted by atomic mass is 79.9. The van der Waals surface area contributed by atoms with Gasteiger partial charge in [0, 0.05) is 9.77 Å². The van der Waals surface area contributed by atoms with Gasteiger partial charge in [0.1, 0.15) is 0 Å². The number of thioether (sulfide) groups is 1. The summed E-state index contributed by atoms with van der Waals surface area (Å²) in [6.45, 7) is 0.509. The van der Waals surface area contributed by atoms with E-state index in [1.807, 2.05) is 30.5 Å². The molecule has 0 spiro atoms. The van der Waals surface area contributed by atoms with Crippen molar-refractivity contribution < 1.29 is 4.79 Å². The summed E-state index contributed by atoms with van der Waals surface area (Å²) in [5, 5.41) is 3.35. The van der Waals surface area contributed by atoms with E-state index in [1.54, 1.807) is 29.2 Å². The summed E-state index contributed by atoms with van der Waals surface area (Å²) in [5.74, 6) is -0.148. The summed E-state index contributed by atoms with van der Waals surface area (Å²) in [6, 6.07) is 9.42. The molecule has 0 saturated carbocycles. The van der Waals surface area contributed by atoms with E-state index < -0.39 is 0 Å². The van der Waals surface area contributed by atoms with Crippen LogP contribution in [0.5, 0.6) is 0 Å². The fourth-order valence-electron chi connectivity index (χ4n) is 1.51. The van der Waals surface area contributed by atoms with Gasteiger partial charge >= 0.3 is 0 Å². The van der Waals surface area contributed by atoms with Gasteiger partial charge in [-0.2, -0.15) is 0 Å². The van der Waals surface area contributed by atoms with E-state index in [0.717, 1.165) is 13.6 Å². The molecule has 2 rings (SSSR count). The van der Waals surface area contributed by atoms with Crippen LogP contribution in [-0.4, -0.2) is 12.2 Å². The number of carbonyl (C=O) groups excluding carboxylic acids is 1. The van der Waals surface area contributed by atoms with Gasteiger partial charge in [-0.15, -0.1) is 23.1 Å². The zero-order valence-electron chi connectivity index (χ0n) is 10.1. The number of hydrogen-bond donors (Lipinski definition) is 1. The highest BCUT2D eigenvalue weighted by molar-refractivity contribution is 9.11. The number of halogens is 2. The van der Waals surface area contributed by atoms with Crippen LogP contribution in [0.25, 0.3) is 0 Å². The molecule has 0 radical (unpaired) electrons. The Hall–Kier alpha value is -0.490. The molecule has 1 amide bonds. The lowest BCUT2D eigenvalue weighted by molar-refractivity contribution is 0.0951. The molecule has 100 valence electrons. The molecular weight excluding hydrogens is 366 g/mol. The molecule has 0 unspecified atom stereocenters. The van der Waals surface area contributed by atoms with Crippen LogP contribution in [0.3, 0.4) is 0 Å². The summed E-state index contributed by atoms with van der Waals surface area (Å²) in [7, 11) is 0. The Balaban J connectivity index is 2.07. The summed E-state index contributed by atoms with van der Waals surface area (Å²) in [6.07, 6.45) is 1.97. The summed E-state index contributed by atoms with van der Waals surface area (Å²) >= 11 is 12.6. The Bertz CT molecular complexity index is 600. The van der Waals surface area contributed by atoms with E-state index in [1.165, 1.54) is 0 Å². The van der Waals surface area contributed by atoms with Crippen molar-refractivity contribution in [3.05, 3.63) is 49.6 Å². The SMILES string of the molecule is CSc1ccc(Cl)c(C(=O)NCc2ccc(Br)s2)c1. The molecule has 1 aromatic carbocycles. The van der Waals surface area contributed by atoms with Gasteiger partial charge < -0.3 is 5.32 Å². The van der Waals surface area contributed by atoms with E-state index in [4.69, 9.17) is 11.6 Å². The molecule has 6 heteroatoms. The quantitative estimate of drug-likeness (QED) is 0.775. The maximum absolute atomic E-state index is 12.1. The molecule has 0 aliphatic carbocycles. The molecule has 1 heterocycles. The maximum Gasteiger partial charge on any atom is 0.253 e. The highest BCUT2D eigenvalue weighted by Crippen LogP contribution is 2.24. The molecule has 1 N–H and O–H groups in total. The van der Waals surface area contributed by atoms with Crippen molar-refractivity contribution in [2.75, 3.05) is 6.26 Å². The third-order valence-electron chi connectivity index (χ3n) is 2.47. The van der Waals surface area contributed by atoms with Crippen molar-refractivity contribution >= 4 is 56.5 Å². The van der Waals surface area contributed by atoms with Crippen LogP contribution >= 0.6 is 50.6 Å². The number of thiophene rings is 1. The first-order chi connectivity index (χ1) is 9.10. The first-order valence-electron chi connectivity index (χ1n) is 5.46. The molecule has 0 atom stereocenters. The second-order valence-corrected chi connectivity index (χ2v) is 7.57. The summed E-state index contributed by atoms with van der Waals surface area (Å²) < 4.78 is 1.05. The fraction of sp³-hybridized carbons (Fsp3) is 0.154. The van der Waals surface area contributed by atoms with Crippen LogP contribution in [0.1, 0.15) is 15.2 Å². The van der Waals surface area contributed by atoms with Crippen molar-refractivity contribution in [1.29, 1.82) is 0 Å². The number of carbonyl (C=O) groups is 1. The lowest BCUT2D eigenvalue weighted by atomic mass is 10.2. The first kappa shape index (κ1) is 14.9. The van der Waals surface area contributed by atoms with Gasteiger partial charge in [0.25, 0.3) is 5.91 Å². The number of benzene rings is 1. The minimum atomic E-state index is -0.148. The Morgan fingerprint density at radius 2 is 2.21 bits per heavy atom. The topological polar surface area (TPSA) is 29.1 Å².